The number of aromatic nitrogens is 1. The van der Waals surface area contributed by atoms with Crippen LogP contribution in [0.2, 0.25) is 5.02 Å². The summed E-state index contributed by atoms with van der Waals surface area (Å²) in [7, 11) is 0. The van der Waals surface area contributed by atoms with Gasteiger partial charge in [-0.25, -0.2) is 4.98 Å². The van der Waals surface area contributed by atoms with Crippen molar-refractivity contribution in [1.29, 1.82) is 0 Å². The third-order valence-corrected chi connectivity index (χ3v) is 5.41. The lowest BCUT2D eigenvalue weighted by atomic mass is 10.1. The highest BCUT2D eigenvalue weighted by atomic mass is 35.5. The highest BCUT2D eigenvalue weighted by molar-refractivity contribution is 7.99. The van der Waals surface area contributed by atoms with Gasteiger partial charge in [0.15, 0.2) is 5.13 Å². The Morgan fingerprint density at radius 2 is 1.84 bits per heavy atom. The summed E-state index contributed by atoms with van der Waals surface area (Å²) in [6, 6.07) is 7.93. The zero-order valence-corrected chi connectivity index (χ0v) is 13.1. The highest BCUT2D eigenvalue weighted by Gasteiger charge is 2.17. The number of halogens is 1. The first-order valence-electron chi connectivity index (χ1n) is 6.30. The summed E-state index contributed by atoms with van der Waals surface area (Å²) in [5, 5.41) is 1.92. The third kappa shape index (κ3) is 2.91. The summed E-state index contributed by atoms with van der Waals surface area (Å²) in [5.74, 6) is 2.41. The van der Waals surface area contributed by atoms with Crippen molar-refractivity contribution < 1.29 is 0 Å². The molecule has 0 radical (unpaired) electrons. The van der Waals surface area contributed by atoms with E-state index in [9.17, 15) is 0 Å². The first-order valence-corrected chi connectivity index (χ1v) is 8.65. The molecule has 3 rings (SSSR count). The predicted octanol–water partition coefficient (Wildman–Crippen LogP) is 4.33. The quantitative estimate of drug-likeness (QED) is 0.821. The summed E-state index contributed by atoms with van der Waals surface area (Å²) in [6.45, 7) is 4.36. The minimum Gasteiger partial charge on any atom is -0.346 e. The van der Waals surface area contributed by atoms with Crippen LogP contribution >= 0.6 is 34.7 Å². The van der Waals surface area contributed by atoms with Crippen LogP contribution in [0.1, 0.15) is 4.88 Å². The van der Waals surface area contributed by atoms with E-state index in [2.05, 4.69) is 11.8 Å². The highest BCUT2D eigenvalue weighted by Crippen LogP contribution is 2.33. The number of aryl methyl sites for hydroxylation is 1. The first-order chi connectivity index (χ1) is 9.24. The molecule has 1 fully saturated rings. The topological polar surface area (TPSA) is 16.1 Å². The minimum atomic E-state index is 0.768. The average Bonchev–Trinajstić information content (AvgIpc) is 2.83. The van der Waals surface area contributed by atoms with Crippen LogP contribution < -0.4 is 4.90 Å². The number of hydrogen-bond acceptors (Lipinski definition) is 4. The lowest BCUT2D eigenvalue weighted by Crippen LogP contribution is -2.32. The largest absolute Gasteiger partial charge is 0.346 e. The van der Waals surface area contributed by atoms with Crippen LogP contribution in [-0.2, 0) is 0 Å². The Balaban J connectivity index is 1.90. The predicted molar refractivity (Wildman–Crippen MR) is 86.8 cm³/mol. The maximum Gasteiger partial charge on any atom is 0.186 e. The van der Waals surface area contributed by atoms with Gasteiger partial charge >= 0.3 is 0 Å². The van der Waals surface area contributed by atoms with Gasteiger partial charge < -0.3 is 4.90 Å². The Kier molecular flexibility index (Phi) is 4.01. The molecule has 0 amide bonds. The fourth-order valence-corrected chi connectivity index (χ4v) is 4.16. The molecular weight excluding hydrogens is 296 g/mol. The van der Waals surface area contributed by atoms with Crippen molar-refractivity contribution in [2.24, 2.45) is 0 Å². The molecular formula is C14H15ClN2S2. The molecule has 1 aromatic heterocycles. The van der Waals surface area contributed by atoms with Gasteiger partial charge in [0.05, 0.1) is 5.69 Å². The lowest BCUT2D eigenvalue weighted by Gasteiger charge is -2.25. The van der Waals surface area contributed by atoms with Crippen molar-refractivity contribution >= 4 is 39.8 Å². The molecule has 0 atom stereocenters. The summed E-state index contributed by atoms with van der Waals surface area (Å²) < 4.78 is 0. The van der Waals surface area contributed by atoms with Crippen molar-refractivity contribution in [1.82, 2.24) is 4.98 Å². The van der Waals surface area contributed by atoms with E-state index in [0.29, 0.717) is 0 Å². The number of thioether (sulfide) groups is 1. The third-order valence-electron chi connectivity index (χ3n) is 3.18. The Bertz CT molecular complexity index is 559. The second-order valence-electron chi connectivity index (χ2n) is 4.51. The summed E-state index contributed by atoms with van der Waals surface area (Å²) in [4.78, 5) is 8.50. The summed E-state index contributed by atoms with van der Waals surface area (Å²) in [5.41, 5.74) is 2.24. The Morgan fingerprint density at radius 1 is 1.16 bits per heavy atom. The molecule has 0 unspecified atom stereocenters. The molecule has 100 valence electrons. The number of rotatable bonds is 2. The van der Waals surface area contributed by atoms with Crippen LogP contribution in [0.4, 0.5) is 5.13 Å². The van der Waals surface area contributed by atoms with Crippen LogP contribution in [0.15, 0.2) is 24.3 Å². The number of thiazole rings is 1. The molecule has 0 spiro atoms. The smallest absolute Gasteiger partial charge is 0.186 e. The van der Waals surface area contributed by atoms with E-state index in [4.69, 9.17) is 16.6 Å². The number of hydrogen-bond donors (Lipinski definition) is 0. The molecule has 2 nitrogen and oxygen atoms in total. The molecule has 1 aliphatic heterocycles. The normalized spacial score (nSPS) is 15.8. The van der Waals surface area contributed by atoms with E-state index in [-0.39, 0.29) is 0 Å². The minimum absolute atomic E-state index is 0.768. The van der Waals surface area contributed by atoms with Crippen LogP contribution in [0.5, 0.6) is 0 Å². The second-order valence-corrected chi connectivity index (χ2v) is 7.35. The second kappa shape index (κ2) is 5.73. The van der Waals surface area contributed by atoms with Gasteiger partial charge in [-0.3, -0.25) is 0 Å². The molecule has 1 aromatic carbocycles. The van der Waals surface area contributed by atoms with Crippen LogP contribution in [0, 0.1) is 6.92 Å². The van der Waals surface area contributed by atoms with Gasteiger partial charge in [-0.05, 0) is 19.1 Å². The fourth-order valence-electron chi connectivity index (χ4n) is 2.15. The summed E-state index contributed by atoms with van der Waals surface area (Å²) in [6.07, 6.45) is 0. The van der Waals surface area contributed by atoms with E-state index in [0.717, 1.165) is 34.5 Å². The average molecular weight is 311 g/mol. The molecule has 0 saturated carbocycles. The van der Waals surface area contributed by atoms with Crippen LogP contribution in [0.25, 0.3) is 11.3 Å². The van der Waals surface area contributed by atoms with Crippen molar-refractivity contribution in [2.45, 2.75) is 6.92 Å². The van der Waals surface area contributed by atoms with Gasteiger partial charge in [0.25, 0.3) is 0 Å². The first kappa shape index (κ1) is 13.3. The Morgan fingerprint density at radius 3 is 2.53 bits per heavy atom. The van der Waals surface area contributed by atoms with E-state index < -0.39 is 0 Å². The molecule has 19 heavy (non-hydrogen) atoms. The molecule has 1 saturated heterocycles. The Labute approximate surface area is 126 Å². The van der Waals surface area contributed by atoms with Crippen LogP contribution in [0.3, 0.4) is 0 Å². The standard InChI is InChI=1S/C14H15ClN2S2/c1-10-13(11-2-4-12(15)5-3-11)16-14(19-10)17-6-8-18-9-7-17/h2-5H,6-9H2,1H3. The van der Waals surface area contributed by atoms with E-state index >= 15 is 0 Å². The van der Waals surface area contributed by atoms with Gasteiger partial charge in [-0.2, -0.15) is 11.8 Å². The number of benzene rings is 1. The number of anilines is 1. The zero-order chi connectivity index (χ0) is 13.2. The fraction of sp³-hybridized carbons (Fsp3) is 0.357. The molecule has 5 heteroatoms. The van der Waals surface area contributed by atoms with Gasteiger partial charge in [0.1, 0.15) is 0 Å². The van der Waals surface area contributed by atoms with Crippen LogP contribution in [-0.4, -0.2) is 29.6 Å². The van der Waals surface area contributed by atoms with Crippen molar-refractivity contribution in [3.05, 3.63) is 34.2 Å². The van der Waals surface area contributed by atoms with Crippen molar-refractivity contribution in [3.8, 4) is 11.3 Å². The van der Waals surface area contributed by atoms with Crippen molar-refractivity contribution in [2.75, 3.05) is 29.5 Å². The van der Waals surface area contributed by atoms with Gasteiger partial charge in [-0.1, -0.05) is 23.7 Å². The van der Waals surface area contributed by atoms with Gasteiger partial charge in [-0.15, -0.1) is 11.3 Å². The van der Waals surface area contributed by atoms with E-state index in [1.54, 1.807) is 11.3 Å². The maximum atomic E-state index is 5.94. The molecule has 2 aromatic rings. The summed E-state index contributed by atoms with van der Waals surface area (Å²) >= 11 is 9.75. The maximum absolute atomic E-state index is 5.94. The van der Waals surface area contributed by atoms with E-state index in [1.807, 2.05) is 36.0 Å². The molecule has 0 bridgehead atoms. The zero-order valence-electron chi connectivity index (χ0n) is 10.7. The number of nitrogens with zero attached hydrogens (tertiary/aromatic N) is 2. The molecule has 0 N–H and O–H groups in total. The molecule has 1 aliphatic rings. The molecule has 2 heterocycles. The Hall–Kier alpha value is -0.710. The SMILES string of the molecule is Cc1sc(N2CCSCC2)nc1-c1ccc(Cl)cc1. The molecule has 0 aliphatic carbocycles. The lowest BCUT2D eigenvalue weighted by molar-refractivity contribution is 0.853. The monoisotopic (exact) mass is 310 g/mol. The van der Waals surface area contributed by atoms with Gasteiger partial charge in [0.2, 0.25) is 0 Å². The van der Waals surface area contributed by atoms with Crippen molar-refractivity contribution in [3.63, 3.8) is 0 Å². The van der Waals surface area contributed by atoms with Gasteiger partial charge in [0, 0.05) is 40.1 Å². The van der Waals surface area contributed by atoms with E-state index in [1.165, 1.54) is 16.4 Å².